The number of piperidine rings is 2. The molecule has 2 heterocycles. The predicted molar refractivity (Wildman–Crippen MR) is 114 cm³/mol. The van der Waals surface area contributed by atoms with E-state index in [4.69, 9.17) is 0 Å². The highest BCUT2D eigenvalue weighted by molar-refractivity contribution is 5.79. The molecule has 150 valence electrons. The van der Waals surface area contributed by atoms with Crippen LogP contribution in [-0.4, -0.2) is 67.6 Å². The zero-order chi connectivity index (χ0) is 18.9. The zero-order valence-electron chi connectivity index (χ0n) is 17.2. The van der Waals surface area contributed by atoms with Crippen LogP contribution in [0.5, 0.6) is 0 Å². The fourth-order valence-corrected chi connectivity index (χ4v) is 4.27. The lowest BCUT2D eigenvalue weighted by Gasteiger charge is -2.34. The lowest BCUT2D eigenvalue weighted by Crippen LogP contribution is -2.50. The Labute approximate surface area is 165 Å². The summed E-state index contributed by atoms with van der Waals surface area (Å²) in [7, 11) is 1.88. The molecule has 2 fully saturated rings. The Morgan fingerprint density at radius 2 is 1.85 bits per heavy atom. The summed E-state index contributed by atoms with van der Waals surface area (Å²) < 4.78 is 0. The number of hydrogen-bond acceptors (Lipinski definition) is 3. The van der Waals surface area contributed by atoms with E-state index in [0.29, 0.717) is 6.04 Å². The van der Waals surface area contributed by atoms with E-state index < -0.39 is 0 Å². The fraction of sp³-hybridized carbons (Fsp3) is 0.682. The zero-order valence-corrected chi connectivity index (χ0v) is 17.2. The molecule has 0 aromatic heterocycles. The third-order valence-corrected chi connectivity index (χ3v) is 6.03. The van der Waals surface area contributed by atoms with Crippen LogP contribution in [0.25, 0.3) is 0 Å². The lowest BCUT2D eigenvalue weighted by molar-refractivity contribution is 0.163. The fourth-order valence-electron chi connectivity index (χ4n) is 4.27. The van der Waals surface area contributed by atoms with Crippen molar-refractivity contribution >= 4 is 5.96 Å². The van der Waals surface area contributed by atoms with E-state index in [1.807, 2.05) is 7.05 Å². The van der Waals surface area contributed by atoms with Gasteiger partial charge in [-0.3, -0.25) is 14.8 Å². The number of hydrogen-bond donors (Lipinski definition) is 2. The van der Waals surface area contributed by atoms with Gasteiger partial charge in [0, 0.05) is 51.9 Å². The van der Waals surface area contributed by atoms with Gasteiger partial charge < -0.3 is 10.6 Å². The molecule has 1 atom stereocenters. The number of nitrogens with zero attached hydrogens (tertiary/aromatic N) is 3. The van der Waals surface area contributed by atoms with Crippen LogP contribution in [0.3, 0.4) is 0 Å². The normalized spacial score (nSPS) is 23.3. The van der Waals surface area contributed by atoms with Gasteiger partial charge in [0.05, 0.1) is 0 Å². The molecule has 0 saturated carbocycles. The summed E-state index contributed by atoms with van der Waals surface area (Å²) in [5.41, 5.74) is 1.41. The summed E-state index contributed by atoms with van der Waals surface area (Å²) in [5.74, 6) is 0.959. The first-order chi connectivity index (χ1) is 13.2. The first-order valence-corrected chi connectivity index (χ1v) is 10.7. The van der Waals surface area contributed by atoms with Crippen molar-refractivity contribution in [2.75, 3.05) is 39.8 Å². The minimum absolute atomic E-state index is 0.525. The average molecular weight is 372 g/mol. The molecule has 0 radical (unpaired) electrons. The van der Waals surface area contributed by atoms with E-state index in [0.717, 1.165) is 44.7 Å². The van der Waals surface area contributed by atoms with E-state index in [9.17, 15) is 0 Å². The molecule has 5 heteroatoms. The van der Waals surface area contributed by atoms with Gasteiger partial charge in [-0.15, -0.1) is 0 Å². The molecule has 0 bridgehead atoms. The molecule has 0 amide bonds. The van der Waals surface area contributed by atoms with Crippen LogP contribution in [0.4, 0.5) is 0 Å². The molecule has 0 aliphatic carbocycles. The number of rotatable bonds is 6. The highest BCUT2D eigenvalue weighted by Gasteiger charge is 2.21. The number of aliphatic imine (C=N–C) groups is 1. The number of benzene rings is 1. The van der Waals surface area contributed by atoms with Crippen molar-refractivity contribution < 1.29 is 0 Å². The summed E-state index contributed by atoms with van der Waals surface area (Å²) in [6.07, 6.45) is 6.43. The standard InChI is InChI=1S/C22H37N5/c1-19-8-6-7-14-27(19)17-13-24-22(23-2)25-21-11-15-26(16-12-21)18-20-9-4-3-5-10-20/h3-5,9-10,19,21H,6-8,11-18H2,1-2H3,(H2,23,24,25). The third kappa shape index (κ3) is 6.51. The van der Waals surface area contributed by atoms with Gasteiger partial charge in [0.1, 0.15) is 0 Å². The summed E-state index contributed by atoms with van der Waals surface area (Å²) in [6.45, 7) is 9.04. The molecular weight excluding hydrogens is 334 g/mol. The molecule has 0 spiro atoms. The molecule has 2 saturated heterocycles. The van der Waals surface area contributed by atoms with Crippen LogP contribution in [-0.2, 0) is 6.54 Å². The number of likely N-dealkylation sites (tertiary alicyclic amines) is 2. The first kappa shape index (κ1) is 20.2. The van der Waals surface area contributed by atoms with Crippen LogP contribution in [0, 0.1) is 0 Å². The van der Waals surface area contributed by atoms with Gasteiger partial charge in [0.15, 0.2) is 5.96 Å². The number of nitrogens with one attached hydrogen (secondary N) is 2. The molecular formula is C22H37N5. The van der Waals surface area contributed by atoms with Crippen molar-refractivity contribution in [1.29, 1.82) is 0 Å². The van der Waals surface area contributed by atoms with E-state index in [2.05, 4.69) is 62.7 Å². The summed E-state index contributed by atoms with van der Waals surface area (Å²) in [6, 6.07) is 12.0. The van der Waals surface area contributed by atoms with E-state index >= 15 is 0 Å². The van der Waals surface area contributed by atoms with Crippen molar-refractivity contribution in [3.8, 4) is 0 Å². The second-order valence-corrected chi connectivity index (χ2v) is 8.06. The molecule has 2 aliphatic heterocycles. The van der Waals surface area contributed by atoms with Crippen molar-refractivity contribution in [2.45, 2.75) is 57.7 Å². The van der Waals surface area contributed by atoms with Crippen molar-refractivity contribution in [1.82, 2.24) is 20.4 Å². The quantitative estimate of drug-likeness (QED) is 0.596. The predicted octanol–water partition coefficient (Wildman–Crippen LogP) is 2.69. The second-order valence-electron chi connectivity index (χ2n) is 8.06. The second kappa shape index (κ2) is 10.7. The minimum atomic E-state index is 0.525. The molecule has 5 nitrogen and oxygen atoms in total. The summed E-state index contributed by atoms with van der Waals surface area (Å²) >= 11 is 0. The largest absolute Gasteiger partial charge is 0.355 e. The van der Waals surface area contributed by atoms with Gasteiger partial charge >= 0.3 is 0 Å². The first-order valence-electron chi connectivity index (χ1n) is 10.7. The maximum absolute atomic E-state index is 4.43. The van der Waals surface area contributed by atoms with Gasteiger partial charge in [-0.2, -0.15) is 0 Å². The van der Waals surface area contributed by atoms with Gasteiger partial charge in [-0.05, 0) is 44.7 Å². The summed E-state index contributed by atoms with van der Waals surface area (Å²) in [5, 5.41) is 7.15. The number of guanidine groups is 1. The molecule has 27 heavy (non-hydrogen) atoms. The van der Waals surface area contributed by atoms with Gasteiger partial charge in [0.2, 0.25) is 0 Å². The summed E-state index contributed by atoms with van der Waals surface area (Å²) in [4.78, 5) is 9.59. The molecule has 1 unspecified atom stereocenters. The molecule has 1 aromatic rings. The van der Waals surface area contributed by atoms with Crippen molar-refractivity contribution in [2.24, 2.45) is 4.99 Å². The molecule has 1 aromatic carbocycles. The van der Waals surface area contributed by atoms with E-state index in [1.54, 1.807) is 0 Å². The third-order valence-electron chi connectivity index (χ3n) is 6.03. The minimum Gasteiger partial charge on any atom is -0.355 e. The van der Waals surface area contributed by atoms with Crippen LogP contribution >= 0.6 is 0 Å². The molecule has 3 rings (SSSR count). The van der Waals surface area contributed by atoms with Crippen LogP contribution in [0.15, 0.2) is 35.3 Å². The molecule has 2 aliphatic rings. The Morgan fingerprint density at radius 1 is 1.07 bits per heavy atom. The van der Waals surface area contributed by atoms with Crippen molar-refractivity contribution in [3.63, 3.8) is 0 Å². The van der Waals surface area contributed by atoms with Gasteiger partial charge in [0.25, 0.3) is 0 Å². The van der Waals surface area contributed by atoms with Crippen molar-refractivity contribution in [3.05, 3.63) is 35.9 Å². The Balaban J connectivity index is 1.34. The highest BCUT2D eigenvalue weighted by atomic mass is 15.2. The monoisotopic (exact) mass is 371 g/mol. The van der Waals surface area contributed by atoms with Gasteiger partial charge in [-0.25, -0.2) is 0 Å². The van der Waals surface area contributed by atoms with Crippen LogP contribution in [0.2, 0.25) is 0 Å². The highest BCUT2D eigenvalue weighted by Crippen LogP contribution is 2.15. The average Bonchev–Trinajstić information content (AvgIpc) is 2.71. The topological polar surface area (TPSA) is 42.9 Å². The maximum atomic E-state index is 4.43. The van der Waals surface area contributed by atoms with E-state index in [1.165, 1.54) is 44.2 Å². The Morgan fingerprint density at radius 3 is 2.56 bits per heavy atom. The smallest absolute Gasteiger partial charge is 0.191 e. The van der Waals surface area contributed by atoms with Crippen LogP contribution in [0.1, 0.15) is 44.6 Å². The molecule has 2 N–H and O–H groups in total. The Kier molecular flexibility index (Phi) is 7.96. The Bertz CT molecular complexity index is 565. The maximum Gasteiger partial charge on any atom is 0.191 e. The Hall–Kier alpha value is -1.59. The SMILES string of the molecule is CN=C(NCCN1CCCCC1C)NC1CCN(Cc2ccccc2)CC1. The van der Waals surface area contributed by atoms with Crippen LogP contribution < -0.4 is 10.6 Å². The lowest BCUT2D eigenvalue weighted by atomic mass is 10.0. The van der Waals surface area contributed by atoms with E-state index in [-0.39, 0.29) is 0 Å². The van der Waals surface area contributed by atoms with Gasteiger partial charge in [-0.1, -0.05) is 36.8 Å².